The van der Waals surface area contributed by atoms with Crippen LogP contribution in [0.5, 0.6) is 0 Å². The first-order valence-electron chi connectivity index (χ1n) is 6.02. The van der Waals surface area contributed by atoms with Crippen LogP contribution in [0.2, 0.25) is 0 Å². The minimum absolute atomic E-state index is 0.467. The van der Waals surface area contributed by atoms with Gasteiger partial charge >= 0.3 is 0 Å². The van der Waals surface area contributed by atoms with Crippen LogP contribution in [0.25, 0.3) is 0 Å². The second-order valence-corrected chi connectivity index (χ2v) is 5.55. The number of benzene rings is 1. The topological polar surface area (TPSA) is 65.1 Å². The van der Waals surface area contributed by atoms with Crippen LogP contribution < -0.4 is 11.1 Å². The highest BCUT2D eigenvalue weighted by Crippen LogP contribution is 2.21. The van der Waals surface area contributed by atoms with Crippen molar-refractivity contribution in [2.75, 3.05) is 25.2 Å². The van der Waals surface area contributed by atoms with Crippen LogP contribution in [-0.4, -0.2) is 29.9 Å². The number of amidine groups is 1. The second kappa shape index (κ2) is 7.41. The number of thioether (sulfide) groups is 1. The van der Waals surface area contributed by atoms with Crippen LogP contribution in [0.3, 0.4) is 0 Å². The minimum atomic E-state index is 0.467. The van der Waals surface area contributed by atoms with Gasteiger partial charge in [0, 0.05) is 18.8 Å². The van der Waals surface area contributed by atoms with Crippen molar-refractivity contribution in [1.29, 1.82) is 5.41 Å². The highest BCUT2D eigenvalue weighted by Gasteiger charge is 2.09. The van der Waals surface area contributed by atoms with Gasteiger partial charge in [-0.3, -0.25) is 5.41 Å². The molecule has 0 saturated heterocycles. The molecule has 0 aliphatic carbocycles. The van der Waals surface area contributed by atoms with Crippen LogP contribution in [0.4, 0.5) is 5.69 Å². The number of hydrogen-bond acceptors (Lipinski definition) is 4. The van der Waals surface area contributed by atoms with E-state index in [1.807, 2.05) is 33.2 Å². The number of hydrogen-bond donors (Lipinski definition) is 3. The van der Waals surface area contributed by atoms with Crippen molar-refractivity contribution in [2.24, 2.45) is 5.73 Å². The molecule has 4 N–H and O–H groups in total. The monoisotopic (exact) mass is 266 g/mol. The molecule has 0 saturated carbocycles. The summed E-state index contributed by atoms with van der Waals surface area (Å²) in [7, 11) is 4.07. The summed E-state index contributed by atoms with van der Waals surface area (Å²) < 4.78 is 0. The maximum atomic E-state index is 7.81. The summed E-state index contributed by atoms with van der Waals surface area (Å²) in [5.41, 5.74) is 9.09. The van der Waals surface area contributed by atoms with Crippen molar-refractivity contribution in [1.82, 2.24) is 4.90 Å². The Hall–Kier alpha value is -1.04. The van der Waals surface area contributed by atoms with Gasteiger partial charge in [-0.1, -0.05) is 30.8 Å². The molecule has 0 amide bonds. The van der Waals surface area contributed by atoms with Gasteiger partial charge in [0.2, 0.25) is 0 Å². The van der Waals surface area contributed by atoms with Crippen molar-refractivity contribution in [2.45, 2.75) is 20.0 Å². The molecule has 0 aliphatic heterocycles. The third-order valence-electron chi connectivity index (χ3n) is 2.50. The third-order valence-corrected chi connectivity index (χ3v) is 3.18. The Balaban J connectivity index is 2.93. The minimum Gasteiger partial charge on any atom is -0.335 e. The summed E-state index contributed by atoms with van der Waals surface area (Å²) in [5, 5.41) is 11.4. The molecule has 1 aromatic rings. The Kier molecular flexibility index (Phi) is 6.18. The van der Waals surface area contributed by atoms with Crippen molar-refractivity contribution < 1.29 is 0 Å². The van der Waals surface area contributed by atoms with E-state index in [2.05, 4.69) is 16.3 Å². The van der Waals surface area contributed by atoms with Gasteiger partial charge in [-0.2, -0.15) is 0 Å². The number of anilines is 1. The Bertz CT molecular complexity index is 404. The molecule has 4 nitrogen and oxygen atoms in total. The lowest BCUT2D eigenvalue weighted by molar-refractivity contribution is 0.401. The van der Waals surface area contributed by atoms with E-state index in [1.54, 1.807) is 0 Å². The average Bonchev–Trinajstić information content (AvgIpc) is 2.28. The SMILES string of the molecule is CCSC(=N)Nc1cccc(CN(C)C)c1CN. The first-order chi connectivity index (χ1) is 8.58. The zero-order valence-electron chi connectivity index (χ0n) is 11.3. The van der Waals surface area contributed by atoms with E-state index in [1.165, 1.54) is 17.3 Å². The van der Waals surface area contributed by atoms with Gasteiger partial charge in [0.25, 0.3) is 0 Å². The van der Waals surface area contributed by atoms with Crippen molar-refractivity contribution in [3.8, 4) is 0 Å². The molecule has 18 heavy (non-hydrogen) atoms. The van der Waals surface area contributed by atoms with Crippen molar-refractivity contribution in [3.63, 3.8) is 0 Å². The first-order valence-corrected chi connectivity index (χ1v) is 7.01. The maximum absolute atomic E-state index is 7.81. The van der Waals surface area contributed by atoms with E-state index in [0.717, 1.165) is 23.5 Å². The van der Waals surface area contributed by atoms with Crippen LogP contribution >= 0.6 is 11.8 Å². The molecule has 0 aliphatic rings. The van der Waals surface area contributed by atoms with Gasteiger partial charge in [0.05, 0.1) is 0 Å². The summed E-state index contributed by atoms with van der Waals surface area (Å²) in [5.74, 6) is 0.890. The Labute approximate surface area is 113 Å². The van der Waals surface area contributed by atoms with Gasteiger partial charge in [0.1, 0.15) is 0 Å². The summed E-state index contributed by atoms with van der Waals surface area (Å²) in [6.07, 6.45) is 0. The number of nitrogens with two attached hydrogens (primary N) is 1. The van der Waals surface area contributed by atoms with Gasteiger partial charge < -0.3 is 16.0 Å². The number of nitrogens with zero attached hydrogens (tertiary/aromatic N) is 1. The predicted octanol–water partition coefficient (Wildman–Crippen LogP) is 2.31. The van der Waals surface area contributed by atoms with Crippen LogP contribution in [0.1, 0.15) is 18.1 Å². The molecule has 0 bridgehead atoms. The van der Waals surface area contributed by atoms with Crippen molar-refractivity contribution >= 4 is 22.6 Å². The normalized spacial score (nSPS) is 10.7. The molecule has 5 heteroatoms. The fourth-order valence-corrected chi connectivity index (χ4v) is 2.26. The van der Waals surface area contributed by atoms with Crippen LogP contribution in [0.15, 0.2) is 18.2 Å². The maximum Gasteiger partial charge on any atom is 0.158 e. The molecule has 100 valence electrons. The second-order valence-electron chi connectivity index (χ2n) is 4.27. The largest absolute Gasteiger partial charge is 0.335 e. The molecule has 1 rings (SSSR count). The van der Waals surface area contributed by atoms with Gasteiger partial charge in [-0.25, -0.2) is 0 Å². The third kappa shape index (κ3) is 4.33. The van der Waals surface area contributed by atoms with E-state index in [4.69, 9.17) is 11.1 Å². The predicted molar refractivity (Wildman–Crippen MR) is 81.2 cm³/mol. The fraction of sp³-hybridized carbons (Fsp3) is 0.462. The lowest BCUT2D eigenvalue weighted by Crippen LogP contribution is -2.16. The van der Waals surface area contributed by atoms with Crippen LogP contribution in [-0.2, 0) is 13.1 Å². The Morgan fingerprint density at radius 2 is 2.17 bits per heavy atom. The fourth-order valence-electron chi connectivity index (χ4n) is 1.78. The molecule has 0 fully saturated rings. The van der Waals surface area contributed by atoms with E-state index in [9.17, 15) is 0 Å². The molecule has 0 atom stereocenters. The lowest BCUT2D eigenvalue weighted by atomic mass is 10.0. The van der Waals surface area contributed by atoms with Gasteiger partial charge in [-0.15, -0.1) is 0 Å². The van der Waals surface area contributed by atoms with E-state index < -0.39 is 0 Å². The molecular formula is C13H22N4S. The number of rotatable bonds is 5. The zero-order valence-corrected chi connectivity index (χ0v) is 12.1. The summed E-state index contributed by atoms with van der Waals surface area (Å²) in [6, 6.07) is 6.07. The van der Waals surface area contributed by atoms with Crippen LogP contribution in [0, 0.1) is 5.41 Å². The molecule has 0 aromatic heterocycles. The zero-order chi connectivity index (χ0) is 13.5. The molecular weight excluding hydrogens is 244 g/mol. The molecule has 0 spiro atoms. The Morgan fingerprint density at radius 3 is 2.72 bits per heavy atom. The molecule has 1 aromatic carbocycles. The lowest BCUT2D eigenvalue weighted by Gasteiger charge is -2.17. The van der Waals surface area contributed by atoms with Gasteiger partial charge in [0.15, 0.2) is 5.17 Å². The standard InChI is InChI=1S/C13H22N4S/c1-4-18-13(15)16-12-7-5-6-10(9-17(2)3)11(12)8-14/h5-7H,4,8-9,14H2,1-3H3,(H2,15,16). The smallest absolute Gasteiger partial charge is 0.158 e. The molecule has 0 unspecified atom stereocenters. The summed E-state index contributed by atoms with van der Waals surface area (Å²) in [4.78, 5) is 2.12. The Morgan fingerprint density at radius 1 is 1.44 bits per heavy atom. The van der Waals surface area contributed by atoms with Crippen molar-refractivity contribution in [3.05, 3.63) is 29.3 Å². The van der Waals surface area contributed by atoms with E-state index in [-0.39, 0.29) is 0 Å². The highest BCUT2D eigenvalue weighted by molar-refractivity contribution is 8.14. The van der Waals surface area contributed by atoms with E-state index in [0.29, 0.717) is 11.7 Å². The summed E-state index contributed by atoms with van der Waals surface area (Å²) in [6.45, 7) is 3.37. The highest BCUT2D eigenvalue weighted by atomic mass is 32.2. The quantitative estimate of drug-likeness (QED) is 0.565. The molecule has 0 radical (unpaired) electrons. The summed E-state index contributed by atoms with van der Waals surface area (Å²) >= 11 is 1.49. The molecule has 0 heterocycles. The van der Waals surface area contributed by atoms with E-state index >= 15 is 0 Å². The number of nitrogens with one attached hydrogen (secondary N) is 2. The van der Waals surface area contributed by atoms with Gasteiger partial charge in [-0.05, 0) is 37.0 Å². The average molecular weight is 266 g/mol. The first kappa shape index (κ1) is 15.0.